The summed E-state index contributed by atoms with van der Waals surface area (Å²) in [5.74, 6) is 0. The van der Waals surface area contributed by atoms with Crippen molar-refractivity contribution in [3.05, 3.63) is 29.8 Å². The molecule has 0 atom stereocenters. The van der Waals surface area contributed by atoms with E-state index in [4.69, 9.17) is 23.1 Å². The highest BCUT2D eigenvalue weighted by molar-refractivity contribution is 7.80. The number of aliphatic hydroxyl groups excluding tert-OH is 1. The molecule has 0 spiro atoms. The summed E-state index contributed by atoms with van der Waals surface area (Å²) in [6, 6.07) is 8.60. The van der Waals surface area contributed by atoms with E-state index in [2.05, 4.69) is 11.0 Å². The van der Waals surface area contributed by atoms with E-state index in [1.54, 1.807) is 0 Å². The van der Waals surface area contributed by atoms with Crippen LogP contribution in [0.4, 0.5) is 5.69 Å². The van der Waals surface area contributed by atoms with Gasteiger partial charge < -0.3 is 15.7 Å². The average Bonchev–Trinajstić information content (AvgIpc) is 2.32. The van der Waals surface area contributed by atoms with Crippen LogP contribution in [0.25, 0.3) is 0 Å². The van der Waals surface area contributed by atoms with Crippen molar-refractivity contribution in [1.29, 1.82) is 0 Å². The number of thiocarbonyl (C=S) groups is 1. The van der Waals surface area contributed by atoms with E-state index in [9.17, 15) is 0 Å². The lowest BCUT2D eigenvalue weighted by molar-refractivity contribution is 0.283. The first kappa shape index (κ1) is 13.3. The quantitative estimate of drug-likeness (QED) is 0.772. The molecule has 0 aliphatic heterocycles. The van der Waals surface area contributed by atoms with Gasteiger partial charge in [0.05, 0.1) is 0 Å². The fourth-order valence-corrected chi connectivity index (χ4v) is 2.54. The summed E-state index contributed by atoms with van der Waals surface area (Å²) in [7, 11) is 0. The molecule has 1 aliphatic carbocycles. The molecule has 0 amide bonds. The number of nitrogens with zero attached hydrogens (tertiary/aromatic N) is 1. The predicted octanol–water partition coefficient (Wildman–Crippen LogP) is 2.06. The van der Waals surface area contributed by atoms with Crippen molar-refractivity contribution in [3.63, 3.8) is 0 Å². The molecular formula is C14H20N2OS. The maximum atomic E-state index is 9.04. The van der Waals surface area contributed by atoms with Gasteiger partial charge >= 0.3 is 0 Å². The van der Waals surface area contributed by atoms with Gasteiger partial charge in [0.15, 0.2) is 0 Å². The first-order valence-electron chi connectivity index (χ1n) is 6.50. The second kappa shape index (κ2) is 6.16. The number of para-hydroxylation sites is 1. The number of benzene rings is 1. The molecule has 1 aromatic rings. The number of hydrogen-bond donors (Lipinski definition) is 2. The molecule has 3 N–H and O–H groups in total. The van der Waals surface area contributed by atoms with Gasteiger partial charge in [0, 0.05) is 30.4 Å². The van der Waals surface area contributed by atoms with Crippen molar-refractivity contribution in [1.82, 2.24) is 0 Å². The summed E-state index contributed by atoms with van der Waals surface area (Å²) in [5.41, 5.74) is 7.85. The van der Waals surface area contributed by atoms with Gasteiger partial charge in [-0.15, -0.1) is 0 Å². The minimum absolute atomic E-state index is 0.221. The van der Waals surface area contributed by atoms with Gasteiger partial charge in [-0.2, -0.15) is 0 Å². The summed E-state index contributed by atoms with van der Waals surface area (Å²) in [4.78, 5) is 2.80. The first-order chi connectivity index (χ1) is 8.74. The molecule has 1 aliphatic rings. The van der Waals surface area contributed by atoms with E-state index < -0.39 is 0 Å². The Morgan fingerprint density at radius 2 is 2.11 bits per heavy atom. The number of anilines is 1. The Labute approximate surface area is 114 Å². The smallest absolute Gasteiger partial charge is 0.106 e. The highest BCUT2D eigenvalue weighted by Crippen LogP contribution is 2.31. The van der Waals surface area contributed by atoms with Crippen LogP contribution in [0.15, 0.2) is 24.3 Å². The van der Waals surface area contributed by atoms with E-state index in [1.165, 1.54) is 19.3 Å². The van der Waals surface area contributed by atoms with Crippen LogP contribution in [-0.4, -0.2) is 29.3 Å². The zero-order valence-corrected chi connectivity index (χ0v) is 11.3. The second-order valence-electron chi connectivity index (χ2n) is 4.74. The molecule has 4 heteroatoms. The van der Waals surface area contributed by atoms with Gasteiger partial charge in [-0.3, -0.25) is 0 Å². The van der Waals surface area contributed by atoms with Crippen LogP contribution < -0.4 is 10.6 Å². The van der Waals surface area contributed by atoms with Crippen LogP contribution in [0.3, 0.4) is 0 Å². The lowest BCUT2D eigenvalue weighted by Crippen LogP contribution is -2.42. The molecule has 1 saturated carbocycles. The van der Waals surface area contributed by atoms with Gasteiger partial charge in [0.1, 0.15) is 4.99 Å². The maximum Gasteiger partial charge on any atom is 0.106 e. The topological polar surface area (TPSA) is 49.5 Å². The van der Waals surface area contributed by atoms with Gasteiger partial charge in [0.2, 0.25) is 0 Å². The molecule has 0 radical (unpaired) electrons. The Balaban J connectivity index is 2.25. The highest BCUT2D eigenvalue weighted by Gasteiger charge is 2.26. The molecule has 0 aromatic heterocycles. The lowest BCUT2D eigenvalue weighted by Gasteiger charge is -2.40. The number of nitrogens with two attached hydrogens (primary N) is 1. The molecule has 3 nitrogen and oxygen atoms in total. The Morgan fingerprint density at radius 3 is 2.67 bits per heavy atom. The molecule has 0 saturated heterocycles. The van der Waals surface area contributed by atoms with E-state index in [1.807, 2.05) is 18.2 Å². The SMILES string of the molecule is NC(=S)c1ccccc1N(CCCO)C1CCC1. The molecule has 18 heavy (non-hydrogen) atoms. The van der Waals surface area contributed by atoms with Crippen molar-refractivity contribution >= 4 is 22.9 Å². The van der Waals surface area contributed by atoms with E-state index in [-0.39, 0.29) is 6.61 Å². The minimum Gasteiger partial charge on any atom is -0.396 e. The van der Waals surface area contributed by atoms with Crippen molar-refractivity contribution in [2.75, 3.05) is 18.1 Å². The van der Waals surface area contributed by atoms with E-state index in [0.717, 1.165) is 24.2 Å². The monoisotopic (exact) mass is 264 g/mol. The summed E-state index contributed by atoms with van der Waals surface area (Å²) in [5, 5.41) is 9.04. The van der Waals surface area contributed by atoms with Crippen molar-refractivity contribution in [2.24, 2.45) is 5.73 Å². The molecule has 98 valence electrons. The lowest BCUT2D eigenvalue weighted by atomic mass is 9.90. The van der Waals surface area contributed by atoms with Gasteiger partial charge in [-0.1, -0.05) is 24.4 Å². The third kappa shape index (κ3) is 2.82. The van der Waals surface area contributed by atoms with Crippen LogP contribution in [-0.2, 0) is 0 Å². The molecule has 0 unspecified atom stereocenters. The normalized spacial score (nSPS) is 15.2. The van der Waals surface area contributed by atoms with Gasteiger partial charge in [-0.25, -0.2) is 0 Å². The summed E-state index contributed by atoms with van der Waals surface area (Å²) >= 11 is 5.12. The third-order valence-corrected chi connectivity index (χ3v) is 3.77. The van der Waals surface area contributed by atoms with Crippen molar-refractivity contribution < 1.29 is 5.11 Å². The fourth-order valence-electron chi connectivity index (χ4n) is 2.37. The predicted molar refractivity (Wildman–Crippen MR) is 79.0 cm³/mol. The Bertz CT molecular complexity index is 418. The number of aliphatic hydroxyl groups is 1. The Morgan fingerprint density at radius 1 is 1.39 bits per heavy atom. The zero-order chi connectivity index (χ0) is 13.0. The molecular weight excluding hydrogens is 244 g/mol. The molecule has 2 rings (SSSR count). The maximum absolute atomic E-state index is 9.04. The minimum atomic E-state index is 0.221. The van der Waals surface area contributed by atoms with E-state index >= 15 is 0 Å². The average molecular weight is 264 g/mol. The molecule has 0 bridgehead atoms. The van der Waals surface area contributed by atoms with Crippen LogP contribution in [0.1, 0.15) is 31.2 Å². The molecule has 1 fully saturated rings. The highest BCUT2D eigenvalue weighted by atomic mass is 32.1. The van der Waals surface area contributed by atoms with Crippen LogP contribution >= 0.6 is 12.2 Å². The van der Waals surface area contributed by atoms with Crippen LogP contribution in [0.2, 0.25) is 0 Å². The molecule has 0 heterocycles. The third-order valence-electron chi connectivity index (χ3n) is 3.55. The summed E-state index contributed by atoms with van der Waals surface area (Å²) < 4.78 is 0. The largest absolute Gasteiger partial charge is 0.396 e. The Hall–Kier alpha value is -1.13. The summed E-state index contributed by atoms with van der Waals surface area (Å²) in [6.45, 7) is 1.08. The van der Waals surface area contributed by atoms with Crippen molar-refractivity contribution in [2.45, 2.75) is 31.7 Å². The van der Waals surface area contributed by atoms with Crippen LogP contribution in [0.5, 0.6) is 0 Å². The van der Waals surface area contributed by atoms with E-state index in [0.29, 0.717) is 11.0 Å². The fraction of sp³-hybridized carbons (Fsp3) is 0.500. The second-order valence-corrected chi connectivity index (χ2v) is 5.18. The first-order valence-corrected chi connectivity index (χ1v) is 6.91. The van der Waals surface area contributed by atoms with Crippen LogP contribution in [0, 0.1) is 0 Å². The standard InChI is InChI=1S/C14H20N2OS/c15-14(18)12-7-1-2-8-13(12)16(9-4-10-17)11-5-3-6-11/h1-2,7-8,11,17H,3-6,9-10H2,(H2,15,18). The zero-order valence-electron chi connectivity index (χ0n) is 10.5. The molecule has 1 aromatic carbocycles. The van der Waals surface area contributed by atoms with Crippen molar-refractivity contribution in [3.8, 4) is 0 Å². The van der Waals surface area contributed by atoms with Gasteiger partial charge in [0.25, 0.3) is 0 Å². The van der Waals surface area contributed by atoms with Gasteiger partial charge in [-0.05, 0) is 37.8 Å². The number of hydrogen-bond acceptors (Lipinski definition) is 3. The number of rotatable bonds is 6. The summed E-state index contributed by atoms with van der Waals surface area (Å²) in [6.07, 6.45) is 4.51. The Kier molecular flexibility index (Phi) is 4.55.